The monoisotopic (exact) mass is 708 g/mol. The lowest BCUT2D eigenvalue weighted by molar-refractivity contribution is 0.0362. The number of amides is 3. The number of hydrogen-bond donors (Lipinski definition) is 0. The van der Waals surface area contributed by atoms with Crippen LogP contribution in [-0.4, -0.2) is 113 Å². The number of benzene rings is 3. The van der Waals surface area contributed by atoms with Crippen molar-refractivity contribution in [2.24, 2.45) is 0 Å². The van der Waals surface area contributed by atoms with Gasteiger partial charge in [0.15, 0.2) is 5.78 Å². The molecule has 264 valence electrons. The Hall–Kier alpha value is -4.82. The Morgan fingerprint density at radius 1 is 0.860 bits per heavy atom. The number of rotatable bonds is 9. The first kappa shape index (κ1) is 35.0. The number of morpholine rings is 1. The minimum Gasteiger partial charge on any atom is -0.455 e. The zero-order chi connectivity index (χ0) is 35.6. The highest BCUT2D eigenvalue weighted by atomic mass is 32.2. The van der Waals surface area contributed by atoms with Crippen LogP contribution in [0.25, 0.3) is 33.4 Å². The van der Waals surface area contributed by atoms with Crippen molar-refractivity contribution in [3.05, 3.63) is 77.6 Å². The van der Waals surface area contributed by atoms with E-state index in [2.05, 4.69) is 0 Å². The molecule has 3 amide bonds. The highest BCUT2D eigenvalue weighted by molar-refractivity contribution is 7.92. The van der Waals surface area contributed by atoms with E-state index in [1.165, 1.54) is 30.3 Å². The zero-order valence-electron chi connectivity index (χ0n) is 27.9. The molecule has 2 saturated heterocycles. The number of fused-ring (bicyclic) bond motifs is 1. The van der Waals surface area contributed by atoms with Crippen molar-refractivity contribution in [3.63, 3.8) is 0 Å². The van der Waals surface area contributed by atoms with Crippen LogP contribution >= 0.6 is 0 Å². The second kappa shape index (κ2) is 14.6. The van der Waals surface area contributed by atoms with Crippen molar-refractivity contribution in [2.45, 2.75) is 13.3 Å². The number of halogens is 2. The molecule has 3 aromatic carbocycles. The summed E-state index contributed by atoms with van der Waals surface area (Å²) in [6.45, 7) is 3.72. The van der Waals surface area contributed by atoms with E-state index >= 15 is 0 Å². The number of hydrogen-bond acceptors (Lipinski definition) is 7. The van der Waals surface area contributed by atoms with Crippen LogP contribution in [0.4, 0.5) is 19.3 Å². The Balaban J connectivity index is 1.39. The number of sulfonamides is 1. The zero-order valence-corrected chi connectivity index (χ0v) is 28.7. The Kier molecular flexibility index (Phi) is 10.2. The summed E-state index contributed by atoms with van der Waals surface area (Å²) in [5.74, 6) is -0.784. The van der Waals surface area contributed by atoms with E-state index in [0.29, 0.717) is 80.1 Å². The molecule has 50 heavy (non-hydrogen) atoms. The largest absolute Gasteiger partial charge is 0.455 e. The fourth-order valence-corrected chi connectivity index (χ4v) is 7.34. The van der Waals surface area contributed by atoms with Crippen LogP contribution in [0.3, 0.4) is 0 Å². The van der Waals surface area contributed by atoms with Gasteiger partial charge < -0.3 is 23.9 Å². The van der Waals surface area contributed by atoms with Gasteiger partial charge in [-0.05, 0) is 48.0 Å². The molecule has 14 heteroatoms. The third-order valence-electron chi connectivity index (χ3n) is 9.01. The van der Waals surface area contributed by atoms with E-state index in [1.54, 1.807) is 52.0 Å². The maximum Gasteiger partial charge on any atom is 0.320 e. The van der Waals surface area contributed by atoms with Gasteiger partial charge in [0.25, 0.3) is 5.91 Å². The lowest BCUT2D eigenvalue weighted by Gasteiger charge is -2.38. The van der Waals surface area contributed by atoms with E-state index in [4.69, 9.17) is 9.15 Å². The third kappa shape index (κ3) is 7.08. The Morgan fingerprint density at radius 2 is 1.52 bits per heavy atom. The molecule has 1 aromatic heterocycles. The van der Waals surface area contributed by atoms with Gasteiger partial charge in [0.1, 0.15) is 23.8 Å². The summed E-state index contributed by atoms with van der Waals surface area (Å²) >= 11 is 0. The van der Waals surface area contributed by atoms with Gasteiger partial charge in [0, 0.05) is 73.8 Å². The number of carbonyl (C=O) groups is 3. The molecule has 0 saturated carbocycles. The molecule has 11 nitrogen and oxygen atoms in total. The second-order valence-corrected chi connectivity index (χ2v) is 14.1. The van der Waals surface area contributed by atoms with Crippen molar-refractivity contribution in [2.75, 3.05) is 76.3 Å². The first-order valence-electron chi connectivity index (χ1n) is 16.4. The van der Waals surface area contributed by atoms with Crippen LogP contribution in [0.1, 0.15) is 34.1 Å². The fourth-order valence-electron chi connectivity index (χ4n) is 6.43. The van der Waals surface area contributed by atoms with E-state index in [0.717, 1.165) is 10.6 Å². The normalized spacial score (nSPS) is 15.4. The van der Waals surface area contributed by atoms with E-state index < -0.39 is 29.1 Å². The van der Waals surface area contributed by atoms with E-state index in [9.17, 15) is 31.6 Å². The van der Waals surface area contributed by atoms with Crippen LogP contribution in [-0.2, 0) is 14.8 Å². The molecule has 2 fully saturated rings. The number of piperazine rings is 1. The fraction of sp³-hybridized carbons (Fsp3) is 0.361. The number of nitrogens with zero attached hydrogens (tertiary/aromatic N) is 4. The minimum absolute atomic E-state index is 0.0724. The highest BCUT2D eigenvalue weighted by Crippen LogP contribution is 2.42. The van der Waals surface area contributed by atoms with E-state index in [-0.39, 0.29) is 46.7 Å². The van der Waals surface area contributed by atoms with Crippen LogP contribution < -0.4 is 4.31 Å². The maximum atomic E-state index is 13.9. The van der Waals surface area contributed by atoms with Gasteiger partial charge in [0.2, 0.25) is 10.0 Å². The number of Topliss-reactive ketones (excluding diaryl/α,β-unsaturated/α-hetero) is 1. The number of alkyl halides is 1. The van der Waals surface area contributed by atoms with Crippen molar-refractivity contribution < 1.29 is 40.7 Å². The molecule has 0 spiro atoms. The molecule has 0 radical (unpaired) electrons. The topological polar surface area (TPSA) is 121 Å². The first-order valence-corrected chi connectivity index (χ1v) is 18.3. The number of anilines is 1. The van der Waals surface area contributed by atoms with Gasteiger partial charge in [-0.15, -0.1) is 0 Å². The van der Waals surface area contributed by atoms with Crippen LogP contribution in [0, 0.1) is 5.82 Å². The number of urea groups is 1. The molecule has 4 aromatic rings. The molecule has 3 heterocycles. The summed E-state index contributed by atoms with van der Waals surface area (Å²) in [6.07, 6.45) is 1.10. The summed E-state index contributed by atoms with van der Waals surface area (Å²) in [5.41, 5.74) is 2.11. The molecule has 0 bridgehead atoms. The average Bonchev–Trinajstić information content (AvgIpc) is 3.51. The smallest absolute Gasteiger partial charge is 0.320 e. The Bertz CT molecular complexity index is 2020. The molecule has 0 aliphatic carbocycles. The number of furan rings is 1. The van der Waals surface area contributed by atoms with Gasteiger partial charge in [-0.25, -0.2) is 22.0 Å². The summed E-state index contributed by atoms with van der Waals surface area (Å²) in [6, 6.07) is 15.1. The van der Waals surface area contributed by atoms with Gasteiger partial charge in [0.05, 0.1) is 37.3 Å². The molecule has 6 rings (SSSR count). The predicted octanol–water partition coefficient (Wildman–Crippen LogP) is 5.44. The lowest BCUT2D eigenvalue weighted by Crippen LogP contribution is -2.55. The van der Waals surface area contributed by atoms with Crippen LogP contribution in [0.2, 0.25) is 0 Å². The van der Waals surface area contributed by atoms with Crippen molar-refractivity contribution in [1.82, 2.24) is 14.7 Å². The SMILES string of the molecule is CCC(=O)c1c(-c2ccc(F)cc2)oc2cc(N(CCF)S(C)(=O)=O)c(-c3cccc(C(=O)N4CCN(C(=O)N5CCOCC5)CC4)c3)cc12. The molecule has 0 unspecified atom stereocenters. The van der Waals surface area contributed by atoms with Crippen molar-refractivity contribution >= 4 is 44.4 Å². The molecular formula is C36H38F2N4O7S. The minimum atomic E-state index is -4.00. The lowest BCUT2D eigenvalue weighted by atomic mass is 9.95. The van der Waals surface area contributed by atoms with Gasteiger partial charge in [-0.3, -0.25) is 13.9 Å². The third-order valence-corrected chi connectivity index (χ3v) is 10.2. The number of ketones is 1. The maximum absolute atomic E-state index is 13.9. The van der Waals surface area contributed by atoms with Gasteiger partial charge >= 0.3 is 6.03 Å². The second-order valence-electron chi connectivity index (χ2n) is 12.2. The molecular weight excluding hydrogens is 670 g/mol. The Morgan fingerprint density at radius 3 is 2.16 bits per heavy atom. The molecule has 2 aliphatic heterocycles. The molecule has 2 aliphatic rings. The van der Waals surface area contributed by atoms with Gasteiger partial charge in [-0.2, -0.15) is 0 Å². The molecule has 0 atom stereocenters. The Labute approximate surface area is 289 Å². The van der Waals surface area contributed by atoms with Gasteiger partial charge in [-0.1, -0.05) is 19.1 Å². The quantitative estimate of drug-likeness (QED) is 0.212. The summed E-state index contributed by atoms with van der Waals surface area (Å²) in [7, 11) is -4.00. The summed E-state index contributed by atoms with van der Waals surface area (Å²) < 4.78 is 66.1. The van der Waals surface area contributed by atoms with Crippen LogP contribution in [0.5, 0.6) is 0 Å². The van der Waals surface area contributed by atoms with Crippen molar-refractivity contribution in [1.29, 1.82) is 0 Å². The van der Waals surface area contributed by atoms with E-state index in [1.807, 2.05) is 0 Å². The number of carbonyl (C=O) groups excluding carboxylic acids is 3. The molecule has 0 N–H and O–H groups in total. The average molecular weight is 709 g/mol. The first-order chi connectivity index (χ1) is 24.0. The summed E-state index contributed by atoms with van der Waals surface area (Å²) in [5, 5.41) is 0.390. The standard InChI is InChI=1S/C36H38F2N4O7S/c1-3-31(43)33-29-22-28(30(42(12-11-37)50(2,46)47)23-32(29)49-34(33)24-7-9-27(38)10-8-24)25-5-4-6-26(21-25)35(44)39-13-15-40(16-14-39)36(45)41-17-19-48-20-18-41/h4-10,21-23H,3,11-20H2,1-2H3. The predicted molar refractivity (Wildman–Crippen MR) is 185 cm³/mol. The van der Waals surface area contributed by atoms with Crippen LogP contribution in [0.15, 0.2) is 65.1 Å². The summed E-state index contributed by atoms with van der Waals surface area (Å²) in [4.78, 5) is 45.3. The number of ether oxygens (including phenoxy) is 1. The van der Waals surface area contributed by atoms with Crippen molar-refractivity contribution in [3.8, 4) is 22.5 Å². The highest BCUT2D eigenvalue weighted by Gasteiger charge is 2.30.